The Morgan fingerprint density at radius 3 is 2.19 bits per heavy atom. The number of hydrogen-bond donors (Lipinski definition) is 11. The molecule has 3 aromatic rings. The van der Waals surface area contributed by atoms with E-state index in [1.165, 1.54) is 16.7 Å². The maximum absolute atomic E-state index is 14.6. The summed E-state index contributed by atoms with van der Waals surface area (Å²) in [7, 11) is 0. The summed E-state index contributed by atoms with van der Waals surface area (Å²) in [6.45, 7) is 6.60. The summed E-state index contributed by atoms with van der Waals surface area (Å²) in [5.41, 5.74) is 11.8. The number of anilines is 1. The zero-order chi connectivity index (χ0) is 57.4. The Hall–Kier alpha value is -6.55. The summed E-state index contributed by atoms with van der Waals surface area (Å²) in [5, 5.41) is 35.9. The number of ether oxygens (including phenoxy) is 1. The summed E-state index contributed by atoms with van der Waals surface area (Å²) in [6, 6.07) is 1.74. The van der Waals surface area contributed by atoms with E-state index in [9.17, 15) is 62.1 Å². The number of rotatable bonds is 29. The van der Waals surface area contributed by atoms with Gasteiger partial charge in [0, 0.05) is 49.1 Å². The molecular weight excluding hydrogens is 1040 g/mol. The number of H-pyrrole nitrogens is 1. The first-order valence-corrected chi connectivity index (χ1v) is 27.5. The molecule has 24 nitrogen and oxygen atoms in total. The molecule has 1 aromatic carbocycles. The number of benzene rings is 1. The topological polar surface area (TPSA) is 364 Å². The fraction of sp³-hybridized carbons (Fsp3) is 0.608. The molecule has 2 saturated heterocycles. The highest BCUT2D eigenvalue weighted by Gasteiger charge is 2.59. The highest BCUT2D eigenvalue weighted by Crippen LogP contribution is 2.42. The van der Waals surface area contributed by atoms with Crippen LogP contribution in [-0.4, -0.2) is 163 Å². The molecule has 2 aliphatic heterocycles. The predicted octanol–water partition coefficient (Wildman–Crippen LogP) is 0.0564. The minimum absolute atomic E-state index is 0.0917. The zero-order valence-corrected chi connectivity index (χ0v) is 45.2. The van der Waals surface area contributed by atoms with E-state index in [0.29, 0.717) is 29.6 Å². The number of halogens is 2. The average molecular weight is 1120 g/mol. The molecule has 0 aliphatic carbocycles. The number of nitrogens with one attached hydrogen (secondary N) is 7. The van der Waals surface area contributed by atoms with Gasteiger partial charge in [0.25, 0.3) is 0 Å². The summed E-state index contributed by atoms with van der Waals surface area (Å²) >= 11 is 1.44. The number of thioether (sulfide) groups is 1. The van der Waals surface area contributed by atoms with Crippen molar-refractivity contribution in [1.29, 1.82) is 0 Å². The van der Waals surface area contributed by atoms with Crippen molar-refractivity contribution in [2.24, 2.45) is 23.3 Å². The van der Waals surface area contributed by atoms with Crippen molar-refractivity contribution >= 4 is 75.7 Å². The molecule has 8 amide bonds. The van der Waals surface area contributed by atoms with E-state index in [4.69, 9.17) is 16.2 Å². The lowest BCUT2D eigenvalue weighted by atomic mass is 10.00. The predicted molar refractivity (Wildman–Crippen MR) is 284 cm³/mol. The van der Waals surface area contributed by atoms with Crippen LogP contribution in [0.1, 0.15) is 97.3 Å². The van der Waals surface area contributed by atoms with E-state index in [0.717, 1.165) is 28.7 Å². The number of para-hydroxylation sites is 1. The fourth-order valence-corrected chi connectivity index (χ4v) is 9.75. The van der Waals surface area contributed by atoms with Crippen molar-refractivity contribution in [3.05, 3.63) is 58.8 Å². The van der Waals surface area contributed by atoms with Gasteiger partial charge in [0.2, 0.25) is 53.5 Å². The van der Waals surface area contributed by atoms with Crippen LogP contribution in [-0.2, 0) is 49.5 Å². The quantitative estimate of drug-likeness (QED) is 0.0410. The Bertz CT molecular complexity index is 2660. The number of likely N-dealkylation sites (tertiary alicyclic amines) is 1. The van der Waals surface area contributed by atoms with Crippen LogP contribution in [0.2, 0.25) is 0 Å². The smallest absolute Gasteiger partial charge is 0.351 e. The SMILES string of the molecule is CSCC[C@H](NC(=O)[C@@H](NC(=O)[C@@H]1CCCN1C(=O)[C@H](CC(C)C)NC(=O)[C@H](CCCCN)NC(=O)CCC(=O)Nc1ccn([C@@H]2O[C@H](CO)[C@@H](O)C2(F)F)c(=O)n1)C(C)C)C(=O)N[C@@H](Cc1c[nH]c2ccccc12)C(N)=O. The summed E-state index contributed by atoms with van der Waals surface area (Å²) < 4.78 is 34.6. The lowest BCUT2D eigenvalue weighted by molar-refractivity contribution is -0.143. The molecule has 0 radical (unpaired) electrons. The second kappa shape index (κ2) is 28.9. The van der Waals surface area contributed by atoms with Crippen molar-refractivity contribution in [2.45, 2.75) is 153 Å². The summed E-state index contributed by atoms with van der Waals surface area (Å²) in [5.74, 6) is -9.95. The van der Waals surface area contributed by atoms with E-state index in [1.807, 2.05) is 44.4 Å². The van der Waals surface area contributed by atoms with E-state index in [2.05, 4.69) is 41.9 Å². The van der Waals surface area contributed by atoms with Crippen molar-refractivity contribution in [3.8, 4) is 0 Å². The minimum atomic E-state index is -3.96. The molecule has 5 rings (SSSR count). The standard InChI is InChI=1S/C51H74F2N12O12S/c1-27(2)23-35(60-44(71)32(13-8-9-19-54)57-39(67)15-16-40(68)61-38-17-21-65(50(76)62-38)49-51(52,53)42(69)37(26-66)77-49)48(75)64-20-10-14-36(64)46(73)63-41(28(3)4)47(74)58-33(18-22-78-5)45(72)59-34(43(55)70)24-29-25-56-31-12-7-6-11-30(29)31/h6-7,11-12,17,21,25,27-28,32-37,41-42,49,56,66,69H,8-10,13-16,18-20,22-24,26,54H2,1-5H3,(H2,55,70)(H,57,67)(H,58,74)(H,59,72)(H,60,71)(H,63,73)(H,61,62,68,76)/t32-,33-,34-,35-,36-,37+,41-,42+,49+/m0/s1. The average Bonchev–Trinajstić information content (AvgIpc) is 4.18. The number of amides is 8. The van der Waals surface area contributed by atoms with Crippen LogP contribution in [0, 0.1) is 11.8 Å². The number of hydrogen-bond acceptors (Lipinski definition) is 15. The van der Waals surface area contributed by atoms with Crippen molar-refractivity contribution in [3.63, 3.8) is 0 Å². The number of nitrogens with two attached hydrogens (primary N) is 2. The van der Waals surface area contributed by atoms with Gasteiger partial charge >= 0.3 is 11.6 Å². The van der Waals surface area contributed by atoms with E-state index >= 15 is 0 Å². The third kappa shape index (κ3) is 16.5. The Labute approximate surface area is 454 Å². The highest BCUT2D eigenvalue weighted by molar-refractivity contribution is 7.98. The summed E-state index contributed by atoms with van der Waals surface area (Å²) in [6.07, 6.45) is -0.736. The number of aromatic amines is 1. The molecule has 0 spiro atoms. The van der Waals surface area contributed by atoms with Gasteiger partial charge in [-0.2, -0.15) is 25.5 Å². The first-order valence-electron chi connectivity index (χ1n) is 26.1. The van der Waals surface area contributed by atoms with E-state index < -0.39 is 139 Å². The van der Waals surface area contributed by atoms with Crippen molar-refractivity contribution < 1.29 is 62.1 Å². The molecule has 78 heavy (non-hydrogen) atoms. The molecule has 27 heteroatoms. The van der Waals surface area contributed by atoms with Crippen LogP contribution in [0.15, 0.2) is 47.5 Å². The molecule has 2 aromatic heterocycles. The molecule has 0 bridgehead atoms. The van der Waals surface area contributed by atoms with Crippen molar-refractivity contribution in [1.82, 2.24) is 46.0 Å². The maximum Gasteiger partial charge on any atom is 0.351 e. The molecule has 2 fully saturated rings. The monoisotopic (exact) mass is 1120 g/mol. The largest absolute Gasteiger partial charge is 0.394 e. The Kier molecular flexibility index (Phi) is 23.1. The maximum atomic E-state index is 14.6. The third-order valence-electron chi connectivity index (χ3n) is 13.5. The first kappa shape index (κ1) is 62.3. The Morgan fingerprint density at radius 2 is 1.56 bits per heavy atom. The molecule has 0 unspecified atom stereocenters. The van der Waals surface area contributed by atoms with Gasteiger partial charge in [0.1, 0.15) is 48.2 Å². The highest BCUT2D eigenvalue weighted by atomic mass is 32.2. The molecule has 4 heterocycles. The first-order chi connectivity index (χ1) is 37.0. The van der Waals surface area contributed by atoms with Crippen LogP contribution in [0.3, 0.4) is 0 Å². The number of aliphatic hydroxyl groups is 2. The number of aromatic nitrogens is 3. The number of primary amides is 1. The Morgan fingerprint density at radius 1 is 0.897 bits per heavy atom. The molecule has 430 valence electrons. The molecule has 13 N–H and O–H groups in total. The van der Waals surface area contributed by atoms with Gasteiger partial charge in [-0.05, 0) is 93.0 Å². The number of fused-ring (bicyclic) bond motifs is 1. The molecule has 9 atom stereocenters. The van der Waals surface area contributed by atoms with Gasteiger partial charge in [0.05, 0.1) is 6.61 Å². The van der Waals surface area contributed by atoms with Gasteiger partial charge in [-0.25, -0.2) is 4.79 Å². The van der Waals surface area contributed by atoms with E-state index in [-0.39, 0.29) is 56.9 Å². The zero-order valence-electron chi connectivity index (χ0n) is 44.4. The van der Waals surface area contributed by atoms with Crippen LogP contribution in [0.25, 0.3) is 10.9 Å². The second-order valence-electron chi connectivity index (χ2n) is 20.3. The molecule has 0 saturated carbocycles. The van der Waals surface area contributed by atoms with Crippen LogP contribution in [0.5, 0.6) is 0 Å². The second-order valence-corrected chi connectivity index (χ2v) is 21.3. The number of carbonyl (C=O) groups excluding carboxylic acids is 8. The van der Waals surface area contributed by atoms with Gasteiger partial charge in [0.15, 0.2) is 6.10 Å². The Balaban J connectivity index is 1.20. The number of nitrogens with zero attached hydrogens (tertiary/aromatic N) is 3. The lowest BCUT2D eigenvalue weighted by Gasteiger charge is -2.32. The van der Waals surface area contributed by atoms with Crippen LogP contribution in [0.4, 0.5) is 14.6 Å². The third-order valence-corrected chi connectivity index (χ3v) is 14.1. The lowest BCUT2D eigenvalue weighted by Crippen LogP contribution is -2.60. The van der Waals surface area contributed by atoms with Gasteiger partial charge < -0.3 is 68.2 Å². The summed E-state index contributed by atoms with van der Waals surface area (Å²) in [4.78, 5) is 130. The van der Waals surface area contributed by atoms with Crippen molar-refractivity contribution in [2.75, 3.05) is 37.0 Å². The number of aliphatic hydroxyl groups excluding tert-OH is 2. The minimum Gasteiger partial charge on any atom is -0.394 e. The number of unbranched alkanes of at least 4 members (excludes halogenated alkanes) is 1. The fourth-order valence-electron chi connectivity index (χ4n) is 9.27. The normalized spacial score (nSPS) is 19.9. The van der Waals surface area contributed by atoms with Gasteiger partial charge in [-0.3, -0.25) is 42.9 Å². The van der Waals surface area contributed by atoms with E-state index in [1.54, 1.807) is 20.0 Å². The number of carbonyl (C=O) groups is 8. The van der Waals surface area contributed by atoms with Gasteiger partial charge in [-0.15, -0.1) is 0 Å². The van der Waals surface area contributed by atoms with Gasteiger partial charge in [-0.1, -0.05) is 45.9 Å². The van der Waals surface area contributed by atoms with Crippen LogP contribution < -0.4 is 49.1 Å². The molecular formula is C51H74F2N12O12S. The molecule has 2 aliphatic rings. The number of alkyl halides is 2. The van der Waals surface area contributed by atoms with Crippen LogP contribution >= 0.6 is 11.8 Å².